The van der Waals surface area contributed by atoms with Crippen molar-refractivity contribution >= 4 is 39.8 Å². The molecular weight excluding hydrogens is 645 g/mol. The third-order valence-electron chi connectivity index (χ3n) is 9.60. The summed E-state index contributed by atoms with van der Waals surface area (Å²) in [7, 11) is 0. The Hall–Kier alpha value is -4.73. The average Bonchev–Trinajstić information content (AvgIpc) is 3.72. The van der Waals surface area contributed by atoms with E-state index in [9.17, 15) is 19.5 Å². The van der Waals surface area contributed by atoms with Gasteiger partial charge in [0, 0.05) is 30.3 Å². The van der Waals surface area contributed by atoms with Crippen LogP contribution in [-0.2, 0) is 24.2 Å². The number of carbonyl (C=O) groups is 3. The third-order valence-corrected chi connectivity index (χ3v) is 10.8. The first-order chi connectivity index (χ1) is 24.1. The number of benzene rings is 4. The summed E-state index contributed by atoms with van der Waals surface area (Å²) >= 11 is 1.24. The first kappa shape index (κ1) is 35.1. The largest absolute Gasteiger partial charge is 0.478 e. The lowest BCUT2D eigenvalue weighted by molar-refractivity contribution is -0.115. The predicted octanol–water partition coefficient (Wildman–Crippen LogP) is 7.58. The summed E-state index contributed by atoms with van der Waals surface area (Å²) in [5.41, 5.74) is 12.8. The number of rotatable bonds is 13. The van der Waals surface area contributed by atoms with Crippen molar-refractivity contribution < 1.29 is 19.5 Å². The van der Waals surface area contributed by atoms with Crippen molar-refractivity contribution in [3.05, 3.63) is 125 Å². The van der Waals surface area contributed by atoms with Crippen molar-refractivity contribution in [2.45, 2.75) is 76.9 Å². The quantitative estimate of drug-likeness (QED) is 0.116. The SMILES string of the molecule is CCCc1nc2c(C)cc(C(=O)N[C@@H](CSC(=O)C3(N)CCCC3)Cc3ccccc3)cc2n1Cc1ccc(-c2ccccc2C(=O)O)cc1. The van der Waals surface area contributed by atoms with Gasteiger partial charge in [-0.1, -0.05) is 104 Å². The number of nitrogens with zero attached hydrogens (tertiary/aromatic N) is 2. The van der Waals surface area contributed by atoms with Gasteiger partial charge in [-0.15, -0.1) is 0 Å². The molecule has 258 valence electrons. The van der Waals surface area contributed by atoms with E-state index in [1.54, 1.807) is 12.1 Å². The fourth-order valence-electron chi connectivity index (χ4n) is 6.91. The van der Waals surface area contributed by atoms with E-state index >= 15 is 0 Å². The van der Waals surface area contributed by atoms with Crippen LogP contribution in [0.3, 0.4) is 0 Å². The summed E-state index contributed by atoms with van der Waals surface area (Å²) in [5, 5.41) is 12.9. The first-order valence-electron chi connectivity index (χ1n) is 17.4. The number of carboxylic acids is 1. The number of fused-ring (bicyclic) bond motifs is 1. The highest BCUT2D eigenvalue weighted by Crippen LogP contribution is 2.32. The maximum atomic E-state index is 14.0. The fraction of sp³-hybridized carbons (Fsp3) is 0.317. The smallest absolute Gasteiger partial charge is 0.336 e. The van der Waals surface area contributed by atoms with Crippen LogP contribution in [0.2, 0.25) is 0 Å². The third kappa shape index (κ3) is 7.85. The van der Waals surface area contributed by atoms with Gasteiger partial charge in [-0.3, -0.25) is 9.59 Å². The van der Waals surface area contributed by atoms with E-state index in [0.29, 0.717) is 42.7 Å². The molecule has 0 aliphatic heterocycles. The number of thioether (sulfide) groups is 1. The summed E-state index contributed by atoms with van der Waals surface area (Å²) < 4.78 is 2.18. The van der Waals surface area contributed by atoms with Crippen LogP contribution in [0, 0.1) is 6.92 Å². The predicted molar refractivity (Wildman–Crippen MR) is 201 cm³/mol. The van der Waals surface area contributed by atoms with Crippen molar-refractivity contribution in [2.75, 3.05) is 5.75 Å². The Morgan fingerprint density at radius 2 is 1.66 bits per heavy atom. The Morgan fingerprint density at radius 3 is 2.36 bits per heavy atom. The molecule has 5 aromatic rings. The number of aryl methyl sites for hydroxylation is 2. The molecule has 0 unspecified atom stereocenters. The van der Waals surface area contributed by atoms with Gasteiger partial charge in [0.05, 0.1) is 22.1 Å². The molecule has 0 bridgehead atoms. The topological polar surface area (TPSA) is 127 Å². The molecule has 1 saturated carbocycles. The normalized spacial score (nSPS) is 14.5. The average molecular weight is 689 g/mol. The summed E-state index contributed by atoms with van der Waals surface area (Å²) in [5.74, 6) is 0.229. The van der Waals surface area contributed by atoms with Gasteiger partial charge in [0.15, 0.2) is 0 Å². The summed E-state index contributed by atoms with van der Waals surface area (Å²) in [6, 6.07) is 28.5. The Morgan fingerprint density at radius 1 is 0.960 bits per heavy atom. The van der Waals surface area contributed by atoms with E-state index in [1.807, 2.05) is 85.8 Å². The number of hydrogen-bond acceptors (Lipinski definition) is 6. The van der Waals surface area contributed by atoms with E-state index in [-0.39, 0.29) is 22.6 Å². The number of imidazole rings is 1. The summed E-state index contributed by atoms with van der Waals surface area (Å²) in [4.78, 5) is 43.9. The van der Waals surface area contributed by atoms with Crippen molar-refractivity contribution in [2.24, 2.45) is 5.73 Å². The van der Waals surface area contributed by atoms with Crippen LogP contribution in [0.4, 0.5) is 0 Å². The molecule has 4 N–H and O–H groups in total. The maximum absolute atomic E-state index is 14.0. The molecule has 1 fully saturated rings. The van der Waals surface area contributed by atoms with Gasteiger partial charge in [-0.25, -0.2) is 9.78 Å². The van der Waals surface area contributed by atoms with E-state index in [1.165, 1.54) is 11.8 Å². The minimum atomic E-state index is -0.958. The summed E-state index contributed by atoms with van der Waals surface area (Å²) in [6.45, 7) is 4.66. The second-order valence-corrected chi connectivity index (χ2v) is 14.4. The highest BCUT2D eigenvalue weighted by Gasteiger charge is 2.37. The van der Waals surface area contributed by atoms with E-state index in [2.05, 4.69) is 16.8 Å². The lowest BCUT2D eigenvalue weighted by Gasteiger charge is -2.23. The molecule has 8 nitrogen and oxygen atoms in total. The van der Waals surface area contributed by atoms with Gasteiger partial charge in [0.2, 0.25) is 5.12 Å². The molecule has 1 atom stereocenters. The van der Waals surface area contributed by atoms with Gasteiger partial charge in [0.1, 0.15) is 5.82 Å². The molecule has 4 aromatic carbocycles. The highest BCUT2D eigenvalue weighted by molar-refractivity contribution is 8.13. The Bertz CT molecular complexity index is 2000. The van der Waals surface area contributed by atoms with E-state index in [0.717, 1.165) is 64.8 Å². The number of carboxylic acid groups (broad SMARTS) is 1. The van der Waals surface area contributed by atoms with Crippen LogP contribution < -0.4 is 11.1 Å². The van der Waals surface area contributed by atoms with Crippen molar-refractivity contribution in [3.63, 3.8) is 0 Å². The maximum Gasteiger partial charge on any atom is 0.336 e. The molecule has 1 aromatic heterocycles. The zero-order chi connectivity index (χ0) is 35.3. The second-order valence-electron chi connectivity index (χ2n) is 13.4. The van der Waals surface area contributed by atoms with Crippen molar-refractivity contribution in [3.8, 4) is 11.1 Å². The minimum absolute atomic E-state index is 0.00561. The zero-order valence-electron chi connectivity index (χ0n) is 28.7. The van der Waals surface area contributed by atoms with E-state index in [4.69, 9.17) is 10.7 Å². The molecule has 1 aliphatic carbocycles. The van der Waals surface area contributed by atoms with E-state index < -0.39 is 11.5 Å². The molecule has 9 heteroatoms. The number of aromatic nitrogens is 2. The van der Waals surface area contributed by atoms with Crippen LogP contribution in [-0.4, -0.2) is 49.0 Å². The van der Waals surface area contributed by atoms with Crippen LogP contribution in [0.15, 0.2) is 91.0 Å². The molecule has 1 heterocycles. The molecule has 0 radical (unpaired) electrons. The lowest BCUT2D eigenvalue weighted by Crippen LogP contribution is -2.45. The standard InChI is InChI=1S/C41H44N4O4S/c1-3-11-36-44-37-27(2)22-31(24-35(37)45(36)25-29-16-18-30(19-17-29)33-14-7-8-15-34(33)39(47)48)38(46)43-32(23-28-12-5-4-6-13-28)26-50-40(49)41(42)20-9-10-21-41/h4-8,12-19,22,24,32H,3,9-11,20-21,23,25-26,42H2,1-2H3,(H,43,46)(H,47,48)/t32-/m1/s1. The molecular formula is C41H44N4O4S. The van der Waals surface area contributed by atoms with Crippen LogP contribution in [0.1, 0.15) is 82.3 Å². The lowest BCUT2D eigenvalue weighted by atomic mass is 9.98. The number of carbonyl (C=O) groups excluding carboxylic acids is 2. The summed E-state index contributed by atoms with van der Waals surface area (Å²) in [6.07, 6.45) is 5.66. The van der Waals surface area contributed by atoms with Gasteiger partial charge in [-0.2, -0.15) is 0 Å². The van der Waals surface area contributed by atoms with Crippen LogP contribution in [0.5, 0.6) is 0 Å². The Labute approximate surface area is 297 Å². The molecule has 6 rings (SSSR count). The number of amides is 1. The highest BCUT2D eigenvalue weighted by atomic mass is 32.2. The van der Waals surface area contributed by atoms with Gasteiger partial charge in [0.25, 0.3) is 5.91 Å². The molecule has 1 aliphatic rings. The van der Waals surface area contributed by atoms with Crippen LogP contribution >= 0.6 is 11.8 Å². The van der Waals surface area contributed by atoms with Crippen molar-refractivity contribution in [1.82, 2.24) is 14.9 Å². The Balaban J connectivity index is 1.26. The Kier molecular flexibility index (Phi) is 10.8. The number of aromatic carboxylic acids is 1. The number of hydrogen-bond donors (Lipinski definition) is 3. The van der Waals surface area contributed by atoms with Gasteiger partial charge in [-0.05, 0) is 78.6 Å². The van der Waals surface area contributed by atoms with Gasteiger partial charge < -0.3 is 20.7 Å². The molecule has 50 heavy (non-hydrogen) atoms. The molecule has 0 spiro atoms. The number of nitrogens with two attached hydrogens (primary N) is 1. The molecule has 0 saturated heterocycles. The van der Waals surface area contributed by atoms with Gasteiger partial charge >= 0.3 is 5.97 Å². The zero-order valence-corrected chi connectivity index (χ0v) is 29.5. The van der Waals surface area contributed by atoms with Crippen LogP contribution in [0.25, 0.3) is 22.2 Å². The monoisotopic (exact) mass is 688 g/mol. The van der Waals surface area contributed by atoms with Crippen molar-refractivity contribution in [1.29, 1.82) is 0 Å². The minimum Gasteiger partial charge on any atom is -0.478 e. The first-order valence-corrected chi connectivity index (χ1v) is 18.4. The fourth-order valence-corrected chi connectivity index (χ4v) is 7.95. The molecule has 1 amide bonds. The number of nitrogens with one attached hydrogen (secondary N) is 1. The second kappa shape index (κ2) is 15.4.